The molecule has 7 aromatic rings. The van der Waals surface area contributed by atoms with E-state index < -0.39 is 5.97 Å². The number of carbonyl (C=O) groups excluding carboxylic acids is 1. The van der Waals surface area contributed by atoms with Gasteiger partial charge in [0.15, 0.2) is 23.3 Å². The molecule has 0 spiro atoms. The minimum absolute atomic E-state index is 0. The number of benzene rings is 4. The number of nitrogens with zero attached hydrogens (tertiary/aromatic N) is 6. The first kappa shape index (κ1) is 30.3. The quantitative estimate of drug-likeness (QED) is 0.108. The largest absolute Gasteiger partial charge is 0.458 e. The molecule has 3 aromatic heterocycles. The summed E-state index contributed by atoms with van der Waals surface area (Å²) in [6.45, 7) is 4.08. The maximum atomic E-state index is 13.5. The van der Waals surface area contributed by atoms with Crippen molar-refractivity contribution in [1.29, 1.82) is 0 Å². The summed E-state index contributed by atoms with van der Waals surface area (Å²) >= 11 is 0. The van der Waals surface area contributed by atoms with Crippen LogP contribution in [0.15, 0.2) is 103 Å². The first-order valence-electron chi connectivity index (χ1n) is 15.6. The van der Waals surface area contributed by atoms with Crippen molar-refractivity contribution in [3.8, 4) is 45.6 Å². The smallest absolute Gasteiger partial charge is 0.339 e. The van der Waals surface area contributed by atoms with Gasteiger partial charge in [-0.25, -0.2) is 34.7 Å². The number of rotatable bonds is 3. The average molecular weight is 690 g/mol. The second kappa shape index (κ2) is 11.9. The molecule has 1 radical (unpaired) electrons. The number of hydrogen-bond acceptors (Lipinski definition) is 8. The number of ether oxygens (including phenoxy) is 1. The molecule has 0 saturated carbocycles. The minimum Gasteiger partial charge on any atom is -0.458 e. The molecule has 10 nitrogen and oxygen atoms in total. The number of esters is 1. The van der Waals surface area contributed by atoms with Crippen molar-refractivity contribution in [2.24, 2.45) is 0 Å². The molecule has 0 saturated heterocycles. The standard InChI is InChI=1S/C38H26N8O2.Cu/c1-20(2)18-19-48-38(47)28-17-9-16-27-29(28)37-45-35-26-15-8-7-14-25(26)33(43-35)41-31-22-11-4-3-10-21(22)30(39-31)40-32-23-12-5-6-13-24(23)34(42-32)44-36(27)46-37;/h3-18H,19H2,1-2H3,(H2,39,40,41,42,43,44,45,46);. The summed E-state index contributed by atoms with van der Waals surface area (Å²) in [6.07, 6.45) is 1.86. The van der Waals surface area contributed by atoms with Crippen LogP contribution in [0.25, 0.3) is 89.7 Å². The molecule has 9 rings (SSSR count). The predicted molar refractivity (Wildman–Crippen MR) is 186 cm³/mol. The Hall–Kier alpha value is -6.03. The molecule has 11 heteroatoms. The van der Waals surface area contributed by atoms with E-state index in [9.17, 15) is 4.79 Å². The molecule has 0 fully saturated rings. The van der Waals surface area contributed by atoms with Crippen molar-refractivity contribution >= 4 is 50.1 Å². The zero-order valence-electron chi connectivity index (χ0n) is 26.2. The fourth-order valence-electron chi connectivity index (χ4n) is 6.22. The number of hydrogen-bond donors (Lipinski definition) is 2. The Kier molecular flexibility index (Phi) is 7.36. The van der Waals surface area contributed by atoms with Gasteiger partial charge < -0.3 is 14.7 Å². The van der Waals surface area contributed by atoms with Crippen molar-refractivity contribution in [3.05, 3.63) is 108 Å². The molecule has 0 aliphatic carbocycles. The van der Waals surface area contributed by atoms with Crippen LogP contribution in [-0.4, -0.2) is 52.4 Å². The third kappa shape index (κ3) is 5.07. The van der Waals surface area contributed by atoms with E-state index in [1.165, 1.54) is 0 Å². The van der Waals surface area contributed by atoms with E-state index >= 15 is 0 Å². The van der Waals surface area contributed by atoms with E-state index in [2.05, 4.69) is 9.97 Å². The maximum Gasteiger partial charge on any atom is 0.339 e. The van der Waals surface area contributed by atoms with Gasteiger partial charge in [0.1, 0.15) is 29.2 Å². The summed E-state index contributed by atoms with van der Waals surface area (Å²) in [7, 11) is 0. The van der Waals surface area contributed by atoms with E-state index in [0.717, 1.165) is 38.6 Å². The number of fused-ring (bicyclic) bond motifs is 20. The zero-order valence-corrected chi connectivity index (χ0v) is 27.2. The topological polar surface area (TPSA) is 135 Å². The predicted octanol–water partition coefficient (Wildman–Crippen LogP) is 7.99. The van der Waals surface area contributed by atoms with Gasteiger partial charge in [-0.2, -0.15) is 0 Å². The Balaban J connectivity index is 0.00000348. The van der Waals surface area contributed by atoms with Gasteiger partial charge in [0, 0.05) is 60.9 Å². The number of aromatic amines is 2. The molecule has 0 atom stereocenters. The molecule has 8 bridgehead atoms. The van der Waals surface area contributed by atoms with Gasteiger partial charge in [0.05, 0.1) is 5.56 Å². The Morgan fingerprint density at radius 1 is 0.571 bits per heavy atom. The number of allylic oxidation sites excluding steroid dienone is 1. The van der Waals surface area contributed by atoms with E-state index in [0.29, 0.717) is 62.2 Å². The number of carbonyl (C=O) groups is 1. The Bertz CT molecular complexity index is 2690. The van der Waals surface area contributed by atoms with Gasteiger partial charge in [0.2, 0.25) is 0 Å². The van der Waals surface area contributed by atoms with Crippen LogP contribution in [0.5, 0.6) is 0 Å². The monoisotopic (exact) mass is 689 g/mol. The van der Waals surface area contributed by atoms with E-state index in [1.54, 1.807) is 6.07 Å². The Morgan fingerprint density at radius 3 is 1.51 bits per heavy atom. The van der Waals surface area contributed by atoms with Gasteiger partial charge >= 0.3 is 5.97 Å². The fraction of sp³-hybridized carbons (Fsp3) is 0.0789. The van der Waals surface area contributed by atoms with Crippen LogP contribution in [0.2, 0.25) is 0 Å². The second-order valence-electron chi connectivity index (χ2n) is 11.9. The summed E-state index contributed by atoms with van der Waals surface area (Å²) in [4.78, 5) is 50.3. The first-order valence-corrected chi connectivity index (χ1v) is 15.6. The van der Waals surface area contributed by atoms with Crippen LogP contribution in [0, 0.1) is 0 Å². The van der Waals surface area contributed by atoms with Crippen molar-refractivity contribution in [3.63, 3.8) is 0 Å². The zero-order chi connectivity index (χ0) is 32.4. The summed E-state index contributed by atoms with van der Waals surface area (Å²) in [6, 6.07) is 29.2. The van der Waals surface area contributed by atoms with Gasteiger partial charge in [-0.1, -0.05) is 90.5 Å². The summed E-state index contributed by atoms with van der Waals surface area (Å²) in [5, 5.41) is 3.09. The summed E-state index contributed by atoms with van der Waals surface area (Å²) in [5.74, 6) is 1.52. The molecule has 241 valence electrons. The van der Waals surface area contributed by atoms with E-state index in [4.69, 9.17) is 34.6 Å². The minimum atomic E-state index is -0.464. The molecule has 2 N–H and O–H groups in total. The molecule has 4 aromatic carbocycles. The van der Waals surface area contributed by atoms with Gasteiger partial charge in [-0.05, 0) is 26.0 Å². The SMILES string of the molecule is CC(C)=CCOC(=O)c1cccc2c3nc4nc(nc5[nH]c(nc6nc(nc([nH]3)c12)-c1ccccc1-6)c1ccccc51)-c1ccccc1-4.[Cu]. The van der Waals surface area contributed by atoms with Crippen LogP contribution in [0.4, 0.5) is 0 Å². The van der Waals surface area contributed by atoms with E-state index in [1.807, 2.05) is 105 Å². The van der Waals surface area contributed by atoms with Gasteiger partial charge in [-0.3, -0.25) is 0 Å². The molecule has 0 unspecified atom stereocenters. The van der Waals surface area contributed by atoms with Crippen molar-refractivity contribution in [2.45, 2.75) is 13.8 Å². The molecule has 2 aliphatic heterocycles. The van der Waals surface area contributed by atoms with Crippen molar-refractivity contribution < 1.29 is 26.6 Å². The Labute approximate surface area is 289 Å². The normalized spacial score (nSPS) is 11.5. The Morgan fingerprint density at radius 2 is 1.00 bits per heavy atom. The number of H-pyrrole nitrogens is 2. The molecular formula is C38H26CuN8O2. The van der Waals surface area contributed by atoms with Gasteiger partial charge in [-0.15, -0.1) is 0 Å². The van der Waals surface area contributed by atoms with Crippen LogP contribution in [-0.2, 0) is 21.8 Å². The maximum absolute atomic E-state index is 13.5. The molecular weight excluding hydrogens is 664 g/mol. The second-order valence-corrected chi connectivity index (χ2v) is 11.9. The van der Waals surface area contributed by atoms with Crippen molar-refractivity contribution in [1.82, 2.24) is 39.9 Å². The first-order chi connectivity index (χ1) is 23.5. The average Bonchev–Trinajstić information content (AvgIpc) is 3.84. The third-order valence-corrected chi connectivity index (χ3v) is 8.51. The van der Waals surface area contributed by atoms with Crippen LogP contribution in [0.1, 0.15) is 24.2 Å². The number of nitrogens with one attached hydrogen (secondary N) is 2. The summed E-state index contributed by atoms with van der Waals surface area (Å²) < 4.78 is 5.66. The van der Waals surface area contributed by atoms with E-state index in [-0.39, 0.29) is 23.7 Å². The summed E-state index contributed by atoms with van der Waals surface area (Å²) in [5.41, 5.74) is 6.96. The van der Waals surface area contributed by atoms with Crippen LogP contribution in [0.3, 0.4) is 0 Å². The third-order valence-electron chi connectivity index (χ3n) is 8.51. The molecule has 2 aliphatic rings. The molecule has 49 heavy (non-hydrogen) atoms. The van der Waals surface area contributed by atoms with Crippen molar-refractivity contribution in [2.75, 3.05) is 6.61 Å². The molecule has 5 heterocycles. The van der Waals surface area contributed by atoms with Gasteiger partial charge in [0.25, 0.3) is 0 Å². The molecule has 0 amide bonds. The number of aromatic nitrogens is 8. The fourth-order valence-corrected chi connectivity index (χ4v) is 6.22. The van der Waals surface area contributed by atoms with Crippen LogP contribution < -0.4 is 0 Å². The van der Waals surface area contributed by atoms with Crippen LogP contribution >= 0.6 is 0 Å².